The summed E-state index contributed by atoms with van der Waals surface area (Å²) in [4.78, 5) is 14.3. The van der Waals surface area contributed by atoms with Crippen molar-refractivity contribution in [3.63, 3.8) is 0 Å². The van der Waals surface area contributed by atoms with Gasteiger partial charge in [0.1, 0.15) is 10.7 Å². The predicted octanol–water partition coefficient (Wildman–Crippen LogP) is 2.67. The number of nitrogens with zero attached hydrogens (tertiary/aromatic N) is 3. The van der Waals surface area contributed by atoms with E-state index in [4.69, 9.17) is 10.7 Å². The first-order valence-electron chi connectivity index (χ1n) is 6.12. The first-order valence-corrected chi connectivity index (χ1v) is 6.94. The molecule has 0 radical (unpaired) electrons. The van der Waals surface area contributed by atoms with Crippen molar-refractivity contribution >= 4 is 11.3 Å². The molecular weight excluding hydrogens is 244 g/mol. The van der Waals surface area contributed by atoms with Crippen LogP contribution in [0, 0.1) is 0 Å². The van der Waals surface area contributed by atoms with Crippen molar-refractivity contribution in [1.82, 2.24) is 15.0 Å². The van der Waals surface area contributed by atoms with E-state index < -0.39 is 0 Å². The molecule has 0 saturated heterocycles. The normalized spacial score (nSPS) is 15.9. The molecule has 1 aliphatic carbocycles. The summed E-state index contributed by atoms with van der Waals surface area (Å²) in [5, 5.41) is 0.929. The molecule has 0 bridgehead atoms. The van der Waals surface area contributed by atoms with Crippen LogP contribution in [0.5, 0.6) is 0 Å². The van der Waals surface area contributed by atoms with Crippen LogP contribution in [0.1, 0.15) is 43.2 Å². The fourth-order valence-electron chi connectivity index (χ4n) is 1.95. The topological polar surface area (TPSA) is 64.7 Å². The molecule has 94 valence electrons. The molecule has 0 atom stereocenters. The number of rotatable bonds is 3. The van der Waals surface area contributed by atoms with Crippen molar-refractivity contribution in [2.75, 3.05) is 0 Å². The minimum atomic E-state index is -0.337. The Bertz CT molecular complexity index is 552. The van der Waals surface area contributed by atoms with Crippen LogP contribution < -0.4 is 5.73 Å². The monoisotopic (exact) mass is 260 g/mol. The van der Waals surface area contributed by atoms with Crippen LogP contribution in [0.3, 0.4) is 0 Å². The summed E-state index contributed by atoms with van der Waals surface area (Å²) in [6.45, 7) is 4.07. The third-order valence-electron chi connectivity index (χ3n) is 2.98. The maximum absolute atomic E-state index is 6.25. The lowest BCUT2D eigenvalue weighted by atomic mass is 10.0. The van der Waals surface area contributed by atoms with Crippen LogP contribution >= 0.6 is 11.3 Å². The van der Waals surface area contributed by atoms with E-state index in [1.54, 1.807) is 29.9 Å². The highest BCUT2D eigenvalue weighted by Crippen LogP contribution is 2.46. The summed E-state index contributed by atoms with van der Waals surface area (Å²) in [5.41, 5.74) is 7.92. The van der Waals surface area contributed by atoms with E-state index in [1.165, 1.54) is 23.4 Å². The van der Waals surface area contributed by atoms with E-state index in [9.17, 15) is 0 Å². The molecule has 18 heavy (non-hydrogen) atoms. The zero-order valence-corrected chi connectivity index (χ0v) is 11.4. The fraction of sp³-hybridized carbons (Fsp3) is 0.462. The van der Waals surface area contributed by atoms with Gasteiger partial charge in [-0.05, 0) is 26.7 Å². The van der Waals surface area contributed by atoms with Crippen molar-refractivity contribution < 1.29 is 0 Å². The minimum Gasteiger partial charge on any atom is -0.321 e. The van der Waals surface area contributed by atoms with Gasteiger partial charge in [0.05, 0.1) is 11.9 Å². The number of nitrogens with two attached hydrogens (primary N) is 1. The van der Waals surface area contributed by atoms with Gasteiger partial charge in [0, 0.05) is 28.7 Å². The zero-order valence-electron chi connectivity index (χ0n) is 10.6. The molecule has 2 N–H and O–H groups in total. The number of aromatic nitrogens is 3. The van der Waals surface area contributed by atoms with Gasteiger partial charge in [0.15, 0.2) is 0 Å². The second kappa shape index (κ2) is 4.10. The van der Waals surface area contributed by atoms with Gasteiger partial charge in [-0.2, -0.15) is 0 Å². The lowest BCUT2D eigenvalue weighted by Gasteiger charge is -2.17. The largest absolute Gasteiger partial charge is 0.321 e. The zero-order chi connectivity index (χ0) is 12.8. The van der Waals surface area contributed by atoms with Crippen LogP contribution in [0.2, 0.25) is 0 Å². The molecule has 2 aromatic rings. The number of thiazole rings is 1. The van der Waals surface area contributed by atoms with Crippen molar-refractivity contribution in [3.8, 4) is 10.7 Å². The fourth-order valence-corrected chi connectivity index (χ4v) is 3.07. The summed E-state index contributed by atoms with van der Waals surface area (Å²) < 4.78 is 0. The summed E-state index contributed by atoms with van der Waals surface area (Å²) in [5.74, 6) is 0.601. The Morgan fingerprint density at radius 2 is 2.11 bits per heavy atom. The molecule has 2 aromatic heterocycles. The van der Waals surface area contributed by atoms with E-state index in [0.717, 1.165) is 10.7 Å². The third kappa shape index (κ3) is 2.15. The highest BCUT2D eigenvalue weighted by atomic mass is 32.1. The van der Waals surface area contributed by atoms with E-state index in [0.29, 0.717) is 5.92 Å². The van der Waals surface area contributed by atoms with Crippen molar-refractivity contribution in [1.29, 1.82) is 0 Å². The summed E-state index contributed by atoms with van der Waals surface area (Å²) in [7, 11) is 0. The molecule has 0 amide bonds. The Hall–Kier alpha value is -1.33. The SMILES string of the molecule is CC(C)(N)c1sc(-c2cnccn2)nc1C1CC1. The quantitative estimate of drug-likeness (QED) is 0.921. The first kappa shape index (κ1) is 11.7. The number of hydrogen-bond acceptors (Lipinski definition) is 5. The first-order chi connectivity index (χ1) is 8.55. The van der Waals surface area contributed by atoms with Crippen molar-refractivity contribution in [2.45, 2.75) is 38.1 Å². The Morgan fingerprint density at radius 3 is 2.67 bits per heavy atom. The second-order valence-electron chi connectivity index (χ2n) is 5.32. The van der Waals surface area contributed by atoms with Crippen LogP contribution in [0.25, 0.3) is 10.7 Å². The molecular formula is C13H16N4S. The molecule has 2 heterocycles. The van der Waals surface area contributed by atoms with Crippen LogP contribution in [0.4, 0.5) is 0 Å². The van der Waals surface area contributed by atoms with Gasteiger partial charge in [0.25, 0.3) is 0 Å². The highest BCUT2D eigenvalue weighted by Gasteiger charge is 2.34. The minimum absolute atomic E-state index is 0.337. The average Bonchev–Trinajstić information content (AvgIpc) is 3.07. The summed E-state index contributed by atoms with van der Waals surface area (Å²) in [6.07, 6.45) is 7.58. The molecule has 3 rings (SSSR count). The van der Waals surface area contributed by atoms with Crippen LogP contribution in [0.15, 0.2) is 18.6 Å². The Morgan fingerprint density at radius 1 is 1.33 bits per heavy atom. The van der Waals surface area contributed by atoms with Gasteiger partial charge in [-0.1, -0.05) is 0 Å². The summed E-state index contributed by atoms with van der Waals surface area (Å²) in [6, 6.07) is 0. The molecule has 0 spiro atoms. The lowest BCUT2D eigenvalue weighted by Crippen LogP contribution is -2.28. The average molecular weight is 260 g/mol. The van der Waals surface area contributed by atoms with Gasteiger partial charge in [-0.25, -0.2) is 4.98 Å². The molecule has 5 heteroatoms. The summed E-state index contributed by atoms with van der Waals surface area (Å²) >= 11 is 1.65. The molecule has 1 aliphatic rings. The van der Waals surface area contributed by atoms with Gasteiger partial charge in [-0.3, -0.25) is 9.97 Å². The Labute approximate surface area is 110 Å². The molecule has 0 unspecified atom stereocenters. The third-order valence-corrected chi connectivity index (χ3v) is 4.42. The van der Waals surface area contributed by atoms with Crippen LogP contribution in [-0.4, -0.2) is 15.0 Å². The van der Waals surface area contributed by atoms with E-state index >= 15 is 0 Å². The van der Waals surface area contributed by atoms with E-state index in [-0.39, 0.29) is 5.54 Å². The predicted molar refractivity (Wildman–Crippen MR) is 72.3 cm³/mol. The maximum Gasteiger partial charge on any atom is 0.144 e. The Kier molecular flexibility index (Phi) is 2.68. The van der Waals surface area contributed by atoms with Gasteiger partial charge >= 0.3 is 0 Å². The second-order valence-corrected chi connectivity index (χ2v) is 6.32. The van der Waals surface area contributed by atoms with E-state index in [2.05, 4.69) is 9.97 Å². The lowest BCUT2D eigenvalue weighted by molar-refractivity contribution is 0.559. The smallest absolute Gasteiger partial charge is 0.144 e. The van der Waals surface area contributed by atoms with Crippen molar-refractivity contribution in [3.05, 3.63) is 29.2 Å². The molecule has 1 fully saturated rings. The van der Waals surface area contributed by atoms with E-state index in [1.807, 2.05) is 13.8 Å². The van der Waals surface area contributed by atoms with Crippen LogP contribution in [-0.2, 0) is 5.54 Å². The Balaban J connectivity index is 2.08. The van der Waals surface area contributed by atoms with Gasteiger partial charge in [0.2, 0.25) is 0 Å². The van der Waals surface area contributed by atoms with Crippen molar-refractivity contribution in [2.24, 2.45) is 5.73 Å². The highest BCUT2D eigenvalue weighted by molar-refractivity contribution is 7.15. The molecule has 0 aliphatic heterocycles. The van der Waals surface area contributed by atoms with Gasteiger partial charge in [-0.15, -0.1) is 11.3 Å². The maximum atomic E-state index is 6.25. The standard InChI is InChI=1S/C13H16N4S/c1-13(2,14)11-10(8-3-4-8)17-12(18-11)9-7-15-5-6-16-9/h5-8H,3-4,14H2,1-2H3. The number of hydrogen-bond donors (Lipinski definition) is 1. The molecule has 1 saturated carbocycles. The van der Waals surface area contributed by atoms with Gasteiger partial charge < -0.3 is 5.73 Å². The molecule has 4 nitrogen and oxygen atoms in total. The molecule has 0 aromatic carbocycles.